The van der Waals surface area contributed by atoms with Gasteiger partial charge in [-0.25, -0.2) is 9.18 Å². The van der Waals surface area contributed by atoms with Gasteiger partial charge in [-0.1, -0.05) is 18.9 Å². The van der Waals surface area contributed by atoms with Crippen LogP contribution in [0.5, 0.6) is 0 Å². The molecule has 5 heteroatoms. The largest absolute Gasteiger partial charge is 0.478 e. The average molecular weight is 281 g/mol. The molecule has 2 N–H and O–H groups in total. The van der Waals surface area contributed by atoms with E-state index in [0.717, 1.165) is 18.4 Å². The predicted octanol–water partition coefficient (Wildman–Crippen LogP) is 2.57. The normalized spacial score (nSPS) is 15.7. The summed E-state index contributed by atoms with van der Waals surface area (Å²) in [7, 11) is 0. The summed E-state index contributed by atoms with van der Waals surface area (Å²) in [5.41, 5.74) is 0.437. The lowest BCUT2D eigenvalue weighted by Crippen LogP contribution is -2.22. The molecule has 0 spiro atoms. The van der Waals surface area contributed by atoms with Crippen molar-refractivity contribution in [3.63, 3.8) is 0 Å². The summed E-state index contributed by atoms with van der Waals surface area (Å²) in [4.78, 5) is 10.7. The first-order valence-electron chi connectivity index (χ1n) is 7.01. The Hall–Kier alpha value is -1.46. The number of nitrogens with one attached hydrogen (secondary N) is 1. The molecule has 0 unspecified atom stereocenters. The molecule has 1 aromatic carbocycles. The zero-order valence-corrected chi connectivity index (χ0v) is 11.4. The van der Waals surface area contributed by atoms with Gasteiger partial charge in [-0.15, -0.1) is 0 Å². The molecule has 4 nitrogen and oxygen atoms in total. The molecule has 0 heterocycles. The van der Waals surface area contributed by atoms with Crippen molar-refractivity contribution in [2.45, 2.75) is 38.3 Å². The second-order valence-electron chi connectivity index (χ2n) is 5.07. The number of ether oxygens (including phenoxy) is 1. The van der Waals surface area contributed by atoms with Gasteiger partial charge in [-0.3, -0.25) is 0 Å². The van der Waals surface area contributed by atoms with Crippen LogP contribution in [0.1, 0.15) is 41.6 Å². The number of carboxylic acids is 1. The van der Waals surface area contributed by atoms with Crippen LogP contribution in [0.3, 0.4) is 0 Å². The molecule has 0 aliphatic heterocycles. The molecular weight excluding hydrogens is 261 g/mol. The van der Waals surface area contributed by atoms with E-state index in [2.05, 4.69) is 5.32 Å². The molecule has 0 aromatic heterocycles. The topological polar surface area (TPSA) is 58.6 Å². The highest BCUT2D eigenvalue weighted by Gasteiger charge is 2.14. The lowest BCUT2D eigenvalue weighted by atomic mass is 10.1. The minimum absolute atomic E-state index is 0.293. The lowest BCUT2D eigenvalue weighted by Gasteiger charge is -2.11. The molecule has 0 radical (unpaired) electrons. The van der Waals surface area contributed by atoms with Crippen molar-refractivity contribution in [1.82, 2.24) is 5.32 Å². The number of carboxylic acid groups (broad SMARTS) is 1. The van der Waals surface area contributed by atoms with Crippen molar-refractivity contribution >= 4 is 5.97 Å². The van der Waals surface area contributed by atoms with E-state index in [0.29, 0.717) is 25.8 Å². The highest BCUT2D eigenvalue weighted by molar-refractivity contribution is 5.87. The molecule has 1 aromatic rings. The maximum absolute atomic E-state index is 13.4. The van der Waals surface area contributed by atoms with E-state index in [1.165, 1.54) is 25.0 Å². The van der Waals surface area contributed by atoms with E-state index in [9.17, 15) is 9.18 Å². The monoisotopic (exact) mass is 281 g/mol. The summed E-state index contributed by atoms with van der Waals surface area (Å²) in [6.45, 7) is 1.87. The zero-order valence-electron chi connectivity index (χ0n) is 11.4. The smallest absolute Gasteiger partial charge is 0.338 e. The molecule has 0 atom stereocenters. The fourth-order valence-electron chi connectivity index (χ4n) is 2.43. The summed E-state index contributed by atoms with van der Waals surface area (Å²) in [5, 5.41) is 11.9. The highest BCUT2D eigenvalue weighted by atomic mass is 19.1. The van der Waals surface area contributed by atoms with Crippen LogP contribution < -0.4 is 5.32 Å². The van der Waals surface area contributed by atoms with E-state index >= 15 is 0 Å². The van der Waals surface area contributed by atoms with Crippen molar-refractivity contribution in [3.8, 4) is 0 Å². The van der Waals surface area contributed by atoms with Crippen LogP contribution in [-0.2, 0) is 11.3 Å². The lowest BCUT2D eigenvalue weighted by molar-refractivity contribution is 0.0602. The van der Waals surface area contributed by atoms with Gasteiger partial charge in [0.2, 0.25) is 0 Å². The molecular formula is C15H20FNO3. The predicted molar refractivity (Wildman–Crippen MR) is 73.3 cm³/mol. The van der Waals surface area contributed by atoms with E-state index < -0.39 is 11.8 Å². The number of aromatic carboxylic acids is 1. The van der Waals surface area contributed by atoms with Crippen LogP contribution in [0.2, 0.25) is 0 Å². The number of benzene rings is 1. The van der Waals surface area contributed by atoms with Crippen LogP contribution in [0.25, 0.3) is 0 Å². The first-order valence-corrected chi connectivity index (χ1v) is 7.01. The average Bonchev–Trinajstić information content (AvgIpc) is 2.91. The summed E-state index contributed by atoms with van der Waals surface area (Å²) in [6, 6.07) is 4.18. The highest BCUT2D eigenvalue weighted by Crippen LogP contribution is 2.20. The van der Waals surface area contributed by atoms with Crippen molar-refractivity contribution < 1.29 is 19.0 Å². The van der Waals surface area contributed by atoms with Crippen molar-refractivity contribution in [2.75, 3.05) is 13.2 Å². The standard InChI is InChI=1S/C15H20FNO3/c16-14-9-11(5-6-13(14)15(18)19)10-17-7-8-20-12-3-1-2-4-12/h5-6,9,12,17H,1-4,7-8,10H2,(H,18,19). The van der Waals surface area contributed by atoms with Crippen molar-refractivity contribution in [2.24, 2.45) is 0 Å². The van der Waals surface area contributed by atoms with Gasteiger partial charge < -0.3 is 15.2 Å². The Morgan fingerprint density at radius 1 is 1.40 bits per heavy atom. The number of hydrogen-bond acceptors (Lipinski definition) is 3. The van der Waals surface area contributed by atoms with Crippen molar-refractivity contribution in [3.05, 3.63) is 35.1 Å². The van der Waals surface area contributed by atoms with Gasteiger partial charge >= 0.3 is 5.97 Å². The van der Waals surface area contributed by atoms with Gasteiger partial charge in [0.05, 0.1) is 18.3 Å². The van der Waals surface area contributed by atoms with Gasteiger partial charge in [0.15, 0.2) is 0 Å². The molecule has 0 amide bonds. The Bertz CT molecular complexity index is 458. The van der Waals surface area contributed by atoms with Crippen LogP contribution in [0.4, 0.5) is 4.39 Å². The van der Waals surface area contributed by atoms with Gasteiger partial charge in [-0.05, 0) is 30.5 Å². The summed E-state index contributed by atoms with van der Waals surface area (Å²) >= 11 is 0. The number of carbonyl (C=O) groups is 1. The summed E-state index contributed by atoms with van der Waals surface area (Å²) in [6.07, 6.45) is 5.23. The van der Waals surface area contributed by atoms with E-state index in [1.54, 1.807) is 6.07 Å². The minimum Gasteiger partial charge on any atom is -0.478 e. The summed E-state index contributed by atoms with van der Waals surface area (Å²) in [5.74, 6) is -1.94. The third-order valence-corrected chi connectivity index (χ3v) is 3.53. The molecule has 1 aliphatic carbocycles. The number of halogens is 1. The Morgan fingerprint density at radius 2 is 2.15 bits per heavy atom. The van der Waals surface area contributed by atoms with Crippen molar-refractivity contribution in [1.29, 1.82) is 0 Å². The van der Waals surface area contributed by atoms with Crippen LogP contribution in [0, 0.1) is 5.82 Å². The molecule has 2 rings (SSSR count). The Kier molecular flexibility index (Phi) is 5.49. The second-order valence-corrected chi connectivity index (χ2v) is 5.07. The van der Waals surface area contributed by atoms with Gasteiger partial charge in [-0.2, -0.15) is 0 Å². The Morgan fingerprint density at radius 3 is 2.80 bits per heavy atom. The third kappa shape index (κ3) is 4.28. The van der Waals surface area contributed by atoms with E-state index in [-0.39, 0.29) is 5.56 Å². The number of hydrogen-bond donors (Lipinski definition) is 2. The first kappa shape index (κ1) is 14.9. The van der Waals surface area contributed by atoms with Gasteiger partial charge in [0.1, 0.15) is 5.82 Å². The molecule has 1 aliphatic rings. The zero-order chi connectivity index (χ0) is 14.4. The van der Waals surface area contributed by atoms with Gasteiger partial charge in [0.25, 0.3) is 0 Å². The Labute approximate surface area is 117 Å². The van der Waals surface area contributed by atoms with Crippen LogP contribution in [0.15, 0.2) is 18.2 Å². The molecule has 0 saturated heterocycles. The molecule has 110 valence electrons. The number of rotatable bonds is 7. The molecule has 0 bridgehead atoms. The molecule has 20 heavy (non-hydrogen) atoms. The third-order valence-electron chi connectivity index (χ3n) is 3.53. The quantitative estimate of drug-likeness (QED) is 0.754. The second kappa shape index (κ2) is 7.36. The van der Waals surface area contributed by atoms with E-state index in [4.69, 9.17) is 9.84 Å². The summed E-state index contributed by atoms with van der Waals surface area (Å²) < 4.78 is 19.1. The molecule has 1 fully saturated rings. The SMILES string of the molecule is O=C(O)c1ccc(CNCCOC2CCCC2)cc1F. The fourth-order valence-corrected chi connectivity index (χ4v) is 2.43. The van der Waals surface area contributed by atoms with E-state index in [1.807, 2.05) is 0 Å². The maximum atomic E-state index is 13.4. The van der Waals surface area contributed by atoms with Gasteiger partial charge in [0, 0.05) is 13.1 Å². The fraction of sp³-hybridized carbons (Fsp3) is 0.533. The molecule has 1 saturated carbocycles. The first-order chi connectivity index (χ1) is 9.66. The van der Waals surface area contributed by atoms with Crippen LogP contribution in [-0.4, -0.2) is 30.3 Å². The van der Waals surface area contributed by atoms with Crippen LogP contribution >= 0.6 is 0 Å². The maximum Gasteiger partial charge on any atom is 0.338 e. The minimum atomic E-state index is -1.24. The Balaban J connectivity index is 1.68.